The first-order chi connectivity index (χ1) is 10.3. The highest BCUT2D eigenvalue weighted by Gasteiger charge is 2.29. The number of nitrogens with one attached hydrogen (secondary N) is 1. The minimum absolute atomic E-state index is 0.0241. The lowest BCUT2D eigenvalue weighted by atomic mass is 10.0. The van der Waals surface area contributed by atoms with Gasteiger partial charge in [-0.15, -0.1) is 5.10 Å². The number of rotatable bonds is 3. The number of carbonyl (C=O) groups is 1. The van der Waals surface area contributed by atoms with Crippen LogP contribution in [0.1, 0.15) is 33.8 Å². The zero-order chi connectivity index (χ0) is 14.7. The first-order valence-electron chi connectivity index (χ1n) is 7.17. The highest BCUT2D eigenvalue weighted by Crippen LogP contribution is 2.25. The molecule has 1 atom stereocenters. The summed E-state index contributed by atoms with van der Waals surface area (Å²) in [5, 5.41) is 7.13. The van der Waals surface area contributed by atoms with Crippen molar-refractivity contribution < 1.29 is 4.79 Å². The molecule has 2 heterocycles. The number of aromatic nitrogens is 2. The third-order valence-corrected chi connectivity index (χ3v) is 4.50. The summed E-state index contributed by atoms with van der Waals surface area (Å²) in [6.45, 7) is 4.45. The predicted molar refractivity (Wildman–Crippen MR) is 82.4 cm³/mol. The van der Waals surface area contributed by atoms with Crippen LogP contribution in [0.2, 0.25) is 0 Å². The van der Waals surface area contributed by atoms with Gasteiger partial charge in [0.2, 0.25) is 0 Å². The Morgan fingerprint density at radius 1 is 1.43 bits per heavy atom. The molecule has 2 aromatic rings. The summed E-state index contributed by atoms with van der Waals surface area (Å²) in [7, 11) is 0. The van der Waals surface area contributed by atoms with Crippen molar-refractivity contribution >= 4 is 17.4 Å². The fourth-order valence-electron chi connectivity index (χ4n) is 2.62. The summed E-state index contributed by atoms with van der Waals surface area (Å²) in [5.41, 5.74) is 2.48. The molecule has 1 aromatic carbocycles. The van der Waals surface area contributed by atoms with Gasteiger partial charge in [-0.05, 0) is 29.1 Å². The topological polar surface area (TPSA) is 58.1 Å². The van der Waals surface area contributed by atoms with Crippen molar-refractivity contribution in [2.75, 3.05) is 19.6 Å². The maximum Gasteiger partial charge on any atom is 0.267 e. The van der Waals surface area contributed by atoms with Crippen LogP contribution in [0, 0.1) is 0 Å². The summed E-state index contributed by atoms with van der Waals surface area (Å²) >= 11 is 1.16. The SMILES string of the molecule is CCc1ccc(C2CNCCN2C(=O)c2cnns2)cc1. The van der Waals surface area contributed by atoms with Gasteiger partial charge in [0.25, 0.3) is 5.91 Å². The molecule has 1 N–H and O–H groups in total. The van der Waals surface area contributed by atoms with Gasteiger partial charge in [-0.2, -0.15) is 0 Å². The smallest absolute Gasteiger partial charge is 0.267 e. The minimum atomic E-state index is 0.0241. The van der Waals surface area contributed by atoms with Crippen molar-refractivity contribution in [2.45, 2.75) is 19.4 Å². The van der Waals surface area contributed by atoms with Crippen LogP contribution in [0.4, 0.5) is 0 Å². The molecule has 1 fully saturated rings. The van der Waals surface area contributed by atoms with E-state index in [1.54, 1.807) is 6.20 Å². The van der Waals surface area contributed by atoms with E-state index in [-0.39, 0.29) is 11.9 Å². The van der Waals surface area contributed by atoms with Gasteiger partial charge >= 0.3 is 0 Å². The number of carbonyl (C=O) groups excluding carboxylic acids is 1. The van der Waals surface area contributed by atoms with E-state index in [1.807, 2.05) is 4.90 Å². The molecule has 1 saturated heterocycles. The Bertz CT molecular complexity index is 597. The lowest BCUT2D eigenvalue weighted by molar-refractivity contribution is 0.0639. The largest absolute Gasteiger partial charge is 0.328 e. The first kappa shape index (κ1) is 14.2. The molecule has 6 heteroatoms. The third kappa shape index (κ3) is 2.96. The van der Waals surface area contributed by atoms with E-state index in [4.69, 9.17) is 0 Å². The van der Waals surface area contributed by atoms with Crippen LogP contribution in [0.3, 0.4) is 0 Å². The van der Waals surface area contributed by atoms with Gasteiger partial charge in [0.05, 0.1) is 12.2 Å². The Labute approximate surface area is 128 Å². The number of benzene rings is 1. The summed E-state index contributed by atoms with van der Waals surface area (Å²) in [4.78, 5) is 15.1. The van der Waals surface area contributed by atoms with Gasteiger partial charge in [0, 0.05) is 19.6 Å². The van der Waals surface area contributed by atoms with Gasteiger partial charge in [0.1, 0.15) is 4.88 Å². The van der Waals surface area contributed by atoms with E-state index >= 15 is 0 Å². The standard InChI is InChI=1S/C15H18N4OS/c1-2-11-3-5-12(6-4-11)13-9-16-7-8-19(13)15(20)14-10-17-18-21-14/h3-6,10,13,16H,2,7-9H2,1H3. The van der Waals surface area contributed by atoms with Gasteiger partial charge < -0.3 is 10.2 Å². The molecular formula is C15H18N4OS. The summed E-state index contributed by atoms with van der Waals surface area (Å²) in [6, 6.07) is 8.60. The normalized spacial score (nSPS) is 18.7. The number of piperazine rings is 1. The molecule has 1 aliphatic rings. The van der Waals surface area contributed by atoms with Crippen LogP contribution in [-0.2, 0) is 6.42 Å². The third-order valence-electron chi connectivity index (χ3n) is 3.85. The second-order valence-electron chi connectivity index (χ2n) is 5.10. The molecule has 1 aromatic heterocycles. The average molecular weight is 302 g/mol. The molecule has 21 heavy (non-hydrogen) atoms. The minimum Gasteiger partial charge on any atom is -0.328 e. The number of hydrogen-bond acceptors (Lipinski definition) is 5. The highest BCUT2D eigenvalue weighted by molar-refractivity contribution is 7.07. The van der Waals surface area contributed by atoms with Crippen LogP contribution in [-0.4, -0.2) is 40.0 Å². The Kier molecular flexibility index (Phi) is 4.26. The molecule has 1 aliphatic heterocycles. The van der Waals surface area contributed by atoms with E-state index in [2.05, 4.69) is 46.1 Å². The fraction of sp³-hybridized carbons (Fsp3) is 0.400. The Morgan fingerprint density at radius 2 is 2.24 bits per heavy atom. The number of aryl methyl sites for hydroxylation is 1. The Balaban J connectivity index is 1.85. The van der Waals surface area contributed by atoms with E-state index in [0.29, 0.717) is 11.4 Å². The quantitative estimate of drug-likeness (QED) is 0.940. The van der Waals surface area contributed by atoms with Crippen molar-refractivity contribution in [3.05, 3.63) is 46.5 Å². The second-order valence-corrected chi connectivity index (χ2v) is 5.88. The van der Waals surface area contributed by atoms with Crippen LogP contribution < -0.4 is 5.32 Å². The van der Waals surface area contributed by atoms with Crippen LogP contribution in [0.5, 0.6) is 0 Å². The lowest BCUT2D eigenvalue weighted by Crippen LogP contribution is -2.48. The molecule has 5 nitrogen and oxygen atoms in total. The second kappa shape index (κ2) is 6.32. The van der Waals surface area contributed by atoms with Crippen molar-refractivity contribution in [1.29, 1.82) is 0 Å². The highest BCUT2D eigenvalue weighted by atomic mass is 32.1. The molecular weight excluding hydrogens is 284 g/mol. The molecule has 0 saturated carbocycles. The van der Waals surface area contributed by atoms with E-state index < -0.39 is 0 Å². The van der Waals surface area contributed by atoms with Gasteiger partial charge in [-0.1, -0.05) is 35.7 Å². The number of nitrogens with zero attached hydrogens (tertiary/aromatic N) is 3. The zero-order valence-electron chi connectivity index (χ0n) is 12.0. The van der Waals surface area contributed by atoms with Crippen LogP contribution >= 0.6 is 11.5 Å². The molecule has 110 valence electrons. The molecule has 0 spiro atoms. The van der Waals surface area contributed by atoms with Crippen molar-refractivity contribution in [3.8, 4) is 0 Å². The average Bonchev–Trinajstić information content (AvgIpc) is 3.09. The number of hydrogen-bond donors (Lipinski definition) is 1. The summed E-state index contributed by atoms with van der Waals surface area (Å²) in [5.74, 6) is 0.0241. The van der Waals surface area contributed by atoms with E-state index in [9.17, 15) is 4.79 Å². The summed E-state index contributed by atoms with van der Waals surface area (Å²) < 4.78 is 3.79. The van der Waals surface area contributed by atoms with Crippen molar-refractivity contribution in [3.63, 3.8) is 0 Å². The van der Waals surface area contributed by atoms with E-state index in [1.165, 1.54) is 11.1 Å². The monoisotopic (exact) mass is 302 g/mol. The Morgan fingerprint density at radius 3 is 2.90 bits per heavy atom. The first-order valence-corrected chi connectivity index (χ1v) is 7.95. The molecule has 0 bridgehead atoms. The zero-order valence-corrected chi connectivity index (χ0v) is 12.8. The van der Waals surface area contributed by atoms with Gasteiger partial charge in [0.15, 0.2) is 0 Å². The lowest BCUT2D eigenvalue weighted by Gasteiger charge is -2.36. The van der Waals surface area contributed by atoms with E-state index in [0.717, 1.165) is 31.0 Å². The molecule has 1 amide bonds. The Hall–Kier alpha value is -1.79. The van der Waals surface area contributed by atoms with Gasteiger partial charge in [-0.3, -0.25) is 4.79 Å². The molecule has 1 unspecified atom stereocenters. The fourth-order valence-corrected chi connectivity index (χ4v) is 3.10. The predicted octanol–water partition coefficient (Wildman–Crippen LogP) is 1.89. The maximum atomic E-state index is 12.6. The maximum absolute atomic E-state index is 12.6. The van der Waals surface area contributed by atoms with Crippen molar-refractivity contribution in [1.82, 2.24) is 19.8 Å². The van der Waals surface area contributed by atoms with Gasteiger partial charge in [-0.25, -0.2) is 0 Å². The number of amides is 1. The summed E-state index contributed by atoms with van der Waals surface area (Å²) in [6.07, 6.45) is 2.57. The molecule has 0 radical (unpaired) electrons. The van der Waals surface area contributed by atoms with Crippen molar-refractivity contribution in [2.24, 2.45) is 0 Å². The van der Waals surface area contributed by atoms with Crippen LogP contribution in [0.15, 0.2) is 30.5 Å². The molecule has 3 rings (SSSR count). The van der Waals surface area contributed by atoms with Crippen LogP contribution in [0.25, 0.3) is 0 Å². The molecule has 0 aliphatic carbocycles.